The molecular weight excluding hydrogens is 342 g/mol. The van der Waals surface area contributed by atoms with Crippen LogP contribution in [0.5, 0.6) is 5.75 Å². The third-order valence-corrected chi connectivity index (χ3v) is 4.31. The van der Waals surface area contributed by atoms with Crippen molar-refractivity contribution in [3.63, 3.8) is 0 Å². The number of anilines is 1. The number of nitrogens with one attached hydrogen (secondary N) is 1. The Hall–Kier alpha value is -3.60. The fourth-order valence-corrected chi connectivity index (χ4v) is 2.77. The van der Waals surface area contributed by atoms with Gasteiger partial charge < -0.3 is 15.5 Å². The number of aromatic carboxylic acids is 1. The minimum Gasteiger partial charge on any atom is -0.508 e. The fraction of sp³-hybridized carbons (Fsp3) is 0.0909. The number of aryl methyl sites for hydroxylation is 1. The molecule has 0 spiro atoms. The molecule has 0 saturated carbocycles. The summed E-state index contributed by atoms with van der Waals surface area (Å²) in [7, 11) is 0. The van der Waals surface area contributed by atoms with Gasteiger partial charge >= 0.3 is 5.97 Å². The van der Waals surface area contributed by atoms with Crippen LogP contribution in [0.2, 0.25) is 0 Å². The molecule has 3 aromatic carbocycles. The van der Waals surface area contributed by atoms with Crippen LogP contribution in [0.1, 0.15) is 37.4 Å². The van der Waals surface area contributed by atoms with Crippen molar-refractivity contribution in [3.8, 4) is 5.75 Å². The van der Waals surface area contributed by atoms with Crippen LogP contribution in [0.25, 0.3) is 0 Å². The molecule has 5 nitrogen and oxygen atoms in total. The number of aromatic hydroxyl groups is 1. The highest BCUT2D eigenvalue weighted by atomic mass is 16.4. The molecule has 1 amide bonds. The number of carbonyl (C=O) groups excluding carboxylic acids is 1. The van der Waals surface area contributed by atoms with E-state index in [1.54, 1.807) is 19.1 Å². The molecule has 0 aromatic heterocycles. The van der Waals surface area contributed by atoms with Gasteiger partial charge in [-0.3, -0.25) is 4.79 Å². The minimum absolute atomic E-state index is 0.103. The van der Waals surface area contributed by atoms with Gasteiger partial charge in [-0.25, -0.2) is 4.79 Å². The normalized spacial score (nSPS) is 10.4. The monoisotopic (exact) mass is 361 g/mol. The van der Waals surface area contributed by atoms with E-state index in [0.29, 0.717) is 23.2 Å². The van der Waals surface area contributed by atoms with Crippen molar-refractivity contribution in [3.05, 3.63) is 94.5 Å². The summed E-state index contributed by atoms with van der Waals surface area (Å²) in [5, 5.41) is 22.0. The van der Waals surface area contributed by atoms with Crippen molar-refractivity contribution in [1.29, 1.82) is 0 Å². The number of benzene rings is 3. The second-order valence-electron chi connectivity index (χ2n) is 6.29. The smallest absolute Gasteiger partial charge is 0.335 e. The van der Waals surface area contributed by atoms with Gasteiger partial charge in [0.15, 0.2) is 0 Å². The molecule has 0 aliphatic rings. The summed E-state index contributed by atoms with van der Waals surface area (Å²) in [5.41, 5.74) is 3.36. The second-order valence-corrected chi connectivity index (χ2v) is 6.29. The number of carboxylic acid groups (broad SMARTS) is 1. The fourth-order valence-electron chi connectivity index (χ4n) is 2.77. The van der Waals surface area contributed by atoms with Crippen molar-refractivity contribution in [1.82, 2.24) is 0 Å². The molecule has 3 aromatic rings. The average Bonchev–Trinajstić information content (AvgIpc) is 2.66. The van der Waals surface area contributed by atoms with Crippen molar-refractivity contribution >= 4 is 17.6 Å². The largest absolute Gasteiger partial charge is 0.508 e. The van der Waals surface area contributed by atoms with E-state index in [9.17, 15) is 14.7 Å². The van der Waals surface area contributed by atoms with E-state index >= 15 is 0 Å². The standard InChI is InChI=1S/C22H19NO4/c1-14-7-8-17(22(26)27)13-19(14)23-21(25)16-9-10-20(24)18(12-16)11-15-5-3-2-4-6-15/h2-10,12-13,24H,11H2,1H3,(H,23,25)(H,26,27). The van der Waals surface area contributed by atoms with Crippen LogP contribution < -0.4 is 5.32 Å². The summed E-state index contributed by atoms with van der Waals surface area (Å²) >= 11 is 0. The number of phenols is 1. The van der Waals surface area contributed by atoms with Crippen LogP contribution in [0, 0.1) is 6.92 Å². The van der Waals surface area contributed by atoms with Gasteiger partial charge in [0.1, 0.15) is 5.75 Å². The zero-order chi connectivity index (χ0) is 19.4. The number of hydrogen-bond acceptors (Lipinski definition) is 3. The molecule has 27 heavy (non-hydrogen) atoms. The van der Waals surface area contributed by atoms with Crippen molar-refractivity contribution in [2.45, 2.75) is 13.3 Å². The Morgan fingerprint density at radius 1 is 0.926 bits per heavy atom. The summed E-state index contributed by atoms with van der Waals surface area (Å²) in [6, 6.07) is 18.9. The molecule has 0 aliphatic carbocycles. The number of carbonyl (C=O) groups is 2. The predicted octanol–water partition coefficient (Wildman–Crippen LogP) is 4.24. The Balaban J connectivity index is 1.84. The molecule has 0 radical (unpaired) electrons. The van der Waals surface area contributed by atoms with E-state index in [-0.39, 0.29) is 17.2 Å². The first-order chi connectivity index (χ1) is 12.9. The minimum atomic E-state index is -1.06. The van der Waals surface area contributed by atoms with Crippen LogP contribution in [-0.4, -0.2) is 22.1 Å². The van der Waals surface area contributed by atoms with E-state index in [2.05, 4.69) is 5.32 Å². The van der Waals surface area contributed by atoms with E-state index in [4.69, 9.17) is 5.11 Å². The number of hydrogen-bond donors (Lipinski definition) is 3. The first-order valence-electron chi connectivity index (χ1n) is 8.45. The summed E-state index contributed by atoms with van der Waals surface area (Å²) in [5.74, 6) is -1.30. The number of amides is 1. The molecule has 0 bridgehead atoms. The molecule has 0 saturated heterocycles. The van der Waals surface area contributed by atoms with E-state index in [1.165, 1.54) is 24.3 Å². The summed E-state index contributed by atoms with van der Waals surface area (Å²) in [4.78, 5) is 23.8. The van der Waals surface area contributed by atoms with Gasteiger partial charge in [-0.05, 0) is 53.9 Å². The van der Waals surface area contributed by atoms with Gasteiger partial charge in [0.2, 0.25) is 0 Å². The molecule has 3 N–H and O–H groups in total. The quantitative estimate of drug-likeness (QED) is 0.634. The second kappa shape index (κ2) is 7.74. The maximum Gasteiger partial charge on any atom is 0.335 e. The summed E-state index contributed by atoms with van der Waals surface area (Å²) in [6.07, 6.45) is 0.501. The Bertz CT molecular complexity index is 996. The third-order valence-electron chi connectivity index (χ3n) is 4.31. The third kappa shape index (κ3) is 4.33. The highest BCUT2D eigenvalue weighted by molar-refractivity contribution is 6.05. The lowest BCUT2D eigenvalue weighted by molar-refractivity contribution is 0.0696. The average molecular weight is 361 g/mol. The van der Waals surface area contributed by atoms with Crippen LogP contribution in [-0.2, 0) is 6.42 Å². The maximum atomic E-state index is 12.6. The highest BCUT2D eigenvalue weighted by Gasteiger charge is 2.13. The highest BCUT2D eigenvalue weighted by Crippen LogP contribution is 2.23. The Labute approximate surface area is 156 Å². The number of rotatable bonds is 5. The van der Waals surface area contributed by atoms with Crippen LogP contribution >= 0.6 is 0 Å². The molecule has 3 rings (SSSR count). The van der Waals surface area contributed by atoms with Crippen molar-refractivity contribution in [2.24, 2.45) is 0 Å². The zero-order valence-electron chi connectivity index (χ0n) is 14.8. The molecule has 136 valence electrons. The summed E-state index contributed by atoms with van der Waals surface area (Å²) < 4.78 is 0. The van der Waals surface area contributed by atoms with Gasteiger partial charge in [0, 0.05) is 17.7 Å². The topological polar surface area (TPSA) is 86.6 Å². The van der Waals surface area contributed by atoms with Crippen molar-refractivity contribution < 1.29 is 19.8 Å². The Morgan fingerprint density at radius 3 is 2.33 bits per heavy atom. The lowest BCUT2D eigenvalue weighted by Gasteiger charge is -2.11. The molecule has 0 unspecified atom stereocenters. The van der Waals surface area contributed by atoms with Crippen LogP contribution in [0.15, 0.2) is 66.7 Å². The van der Waals surface area contributed by atoms with Gasteiger partial charge in [-0.2, -0.15) is 0 Å². The summed E-state index contributed by atoms with van der Waals surface area (Å²) in [6.45, 7) is 1.79. The SMILES string of the molecule is Cc1ccc(C(=O)O)cc1NC(=O)c1ccc(O)c(Cc2ccccc2)c1. The Morgan fingerprint density at radius 2 is 1.63 bits per heavy atom. The molecule has 0 aliphatic heterocycles. The first-order valence-corrected chi connectivity index (χ1v) is 8.45. The maximum absolute atomic E-state index is 12.6. The molecule has 0 heterocycles. The first kappa shape index (κ1) is 18.2. The van der Waals surface area contributed by atoms with Gasteiger partial charge in [0.05, 0.1) is 5.56 Å². The molecule has 5 heteroatoms. The van der Waals surface area contributed by atoms with Gasteiger partial charge in [0.25, 0.3) is 5.91 Å². The molecular formula is C22H19NO4. The lowest BCUT2D eigenvalue weighted by atomic mass is 10.0. The van der Waals surface area contributed by atoms with Crippen molar-refractivity contribution in [2.75, 3.05) is 5.32 Å². The van der Waals surface area contributed by atoms with Crippen LogP contribution in [0.4, 0.5) is 5.69 Å². The van der Waals surface area contributed by atoms with E-state index in [1.807, 2.05) is 30.3 Å². The van der Waals surface area contributed by atoms with Gasteiger partial charge in [-0.1, -0.05) is 36.4 Å². The van der Waals surface area contributed by atoms with Crippen LogP contribution in [0.3, 0.4) is 0 Å². The zero-order valence-corrected chi connectivity index (χ0v) is 14.8. The molecule has 0 fully saturated rings. The van der Waals surface area contributed by atoms with E-state index < -0.39 is 5.97 Å². The number of carboxylic acids is 1. The Kier molecular flexibility index (Phi) is 5.22. The molecule has 0 atom stereocenters. The van der Waals surface area contributed by atoms with Gasteiger partial charge in [-0.15, -0.1) is 0 Å². The predicted molar refractivity (Wildman–Crippen MR) is 103 cm³/mol. The van der Waals surface area contributed by atoms with E-state index in [0.717, 1.165) is 11.1 Å². The lowest BCUT2D eigenvalue weighted by Crippen LogP contribution is -2.14. The number of phenolic OH excluding ortho intramolecular Hbond substituents is 1.